The molecule has 0 saturated carbocycles. The van der Waals surface area contributed by atoms with Gasteiger partial charge in [-0.2, -0.15) is 70.2 Å². The normalized spacial score (nSPS) is 16.7. The van der Waals surface area contributed by atoms with Gasteiger partial charge in [0.05, 0.1) is 0 Å². The molecule has 0 rings (SSSR count). The topological polar surface area (TPSA) is 0 Å². The number of rotatable bonds is 14. The van der Waals surface area contributed by atoms with Crippen LogP contribution in [0, 0.1) is 5.92 Å². The fourth-order valence-corrected chi connectivity index (χ4v) is 2.75. The van der Waals surface area contributed by atoms with E-state index in [1.807, 2.05) is 0 Å². The van der Waals surface area contributed by atoms with Gasteiger partial charge >= 0.3 is 47.4 Å². The number of hydrogen-bond donors (Lipinski definition) is 0. The quantitative estimate of drug-likeness (QED) is 0.192. The monoisotopic (exact) mass is 542 g/mol. The Bertz CT molecular complexity index is 667. The molecule has 0 aromatic heterocycles. The van der Waals surface area contributed by atoms with Gasteiger partial charge in [0.25, 0.3) is 0 Å². The van der Waals surface area contributed by atoms with Gasteiger partial charge in [-0.25, -0.2) is 0 Å². The van der Waals surface area contributed by atoms with Gasteiger partial charge in [0.15, 0.2) is 0 Å². The van der Waals surface area contributed by atoms with E-state index in [0.29, 0.717) is 6.92 Å². The summed E-state index contributed by atoms with van der Waals surface area (Å²) in [6, 6.07) is 0. The van der Waals surface area contributed by atoms with Gasteiger partial charge in [0.2, 0.25) is 0 Å². The lowest BCUT2D eigenvalue weighted by atomic mass is 9.86. The Morgan fingerprint density at radius 3 is 1.06 bits per heavy atom. The molecule has 0 aromatic rings. The first kappa shape index (κ1) is 32.9. The zero-order valence-electron chi connectivity index (χ0n) is 17.9. The van der Waals surface area contributed by atoms with Gasteiger partial charge in [0, 0.05) is 12.8 Å². The second-order valence-electron chi connectivity index (χ2n) is 8.01. The SMILES string of the molecule is CCCC(F)(F)C(F)(F)C(F)(F)C(F)(F)C(F)(F)C(F)(F)C(F)(F)C(F)(F)CCCC(C)CC. The molecule has 0 fully saturated rings. The van der Waals surface area contributed by atoms with Crippen LogP contribution in [0.25, 0.3) is 0 Å². The van der Waals surface area contributed by atoms with Crippen LogP contribution < -0.4 is 0 Å². The van der Waals surface area contributed by atoms with Gasteiger partial charge in [-0.3, -0.25) is 0 Å². The summed E-state index contributed by atoms with van der Waals surface area (Å²) in [7, 11) is 0. The first-order valence-corrected chi connectivity index (χ1v) is 9.79. The highest BCUT2D eigenvalue weighted by Crippen LogP contribution is 2.64. The van der Waals surface area contributed by atoms with E-state index in [4.69, 9.17) is 0 Å². The van der Waals surface area contributed by atoms with Crippen molar-refractivity contribution in [2.45, 2.75) is 107 Å². The third-order valence-corrected chi connectivity index (χ3v) is 5.34. The van der Waals surface area contributed by atoms with Crippen LogP contribution in [-0.2, 0) is 0 Å². The van der Waals surface area contributed by atoms with E-state index in [9.17, 15) is 70.2 Å². The van der Waals surface area contributed by atoms with Crippen molar-refractivity contribution in [2.75, 3.05) is 0 Å². The molecule has 1 unspecified atom stereocenters. The summed E-state index contributed by atoms with van der Waals surface area (Å²) in [6.07, 6.45) is -6.79. The van der Waals surface area contributed by atoms with Gasteiger partial charge in [-0.05, 0) is 12.3 Å². The van der Waals surface area contributed by atoms with Crippen molar-refractivity contribution in [3.8, 4) is 0 Å². The maximum Gasteiger partial charge on any atom is 0.384 e. The molecule has 0 aromatic carbocycles. The van der Waals surface area contributed by atoms with Crippen molar-refractivity contribution in [2.24, 2.45) is 5.92 Å². The number of alkyl halides is 16. The van der Waals surface area contributed by atoms with Crippen molar-refractivity contribution in [3.63, 3.8) is 0 Å². The van der Waals surface area contributed by atoms with Crippen LogP contribution in [0.2, 0.25) is 0 Å². The van der Waals surface area contributed by atoms with E-state index in [1.54, 1.807) is 0 Å². The van der Waals surface area contributed by atoms with Crippen LogP contribution in [0.1, 0.15) is 59.3 Å². The molecule has 1 atom stereocenters. The average molecular weight is 542 g/mol. The largest absolute Gasteiger partial charge is 0.384 e. The summed E-state index contributed by atoms with van der Waals surface area (Å²) in [4.78, 5) is 0. The Labute approximate surface area is 184 Å². The molecule has 0 nitrogen and oxygen atoms in total. The van der Waals surface area contributed by atoms with Crippen molar-refractivity contribution in [3.05, 3.63) is 0 Å². The number of halogens is 16. The molecule has 0 bridgehead atoms. The lowest BCUT2D eigenvalue weighted by Gasteiger charge is -2.43. The van der Waals surface area contributed by atoms with Crippen molar-refractivity contribution >= 4 is 0 Å². The molecule has 0 amide bonds. The van der Waals surface area contributed by atoms with E-state index in [0.717, 1.165) is 0 Å². The third-order valence-electron chi connectivity index (χ3n) is 5.34. The number of hydrogen-bond acceptors (Lipinski definition) is 0. The highest BCUT2D eigenvalue weighted by atomic mass is 19.4. The van der Waals surface area contributed by atoms with Crippen LogP contribution >= 0.6 is 0 Å². The Morgan fingerprint density at radius 1 is 0.471 bits per heavy atom. The van der Waals surface area contributed by atoms with Gasteiger partial charge in [0.1, 0.15) is 0 Å². The summed E-state index contributed by atoms with van der Waals surface area (Å²) in [6.45, 7) is 3.55. The van der Waals surface area contributed by atoms with Gasteiger partial charge in [-0.1, -0.05) is 40.0 Å². The van der Waals surface area contributed by atoms with E-state index in [1.165, 1.54) is 13.8 Å². The molecule has 0 radical (unpaired) electrons. The Morgan fingerprint density at radius 2 is 0.765 bits per heavy atom. The van der Waals surface area contributed by atoms with E-state index in [-0.39, 0.29) is 12.8 Å². The highest BCUT2D eigenvalue weighted by Gasteiger charge is 2.94. The van der Waals surface area contributed by atoms with E-state index < -0.39 is 79.0 Å². The molecule has 0 aliphatic rings. The maximum absolute atomic E-state index is 13.8. The predicted molar refractivity (Wildman–Crippen MR) is 87.8 cm³/mol. The molecule has 0 saturated heterocycles. The molecule has 16 heteroatoms. The van der Waals surface area contributed by atoms with Gasteiger partial charge < -0.3 is 0 Å². The highest BCUT2D eigenvalue weighted by molar-refractivity contribution is 5.15. The first-order valence-electron chi connectivity index (χ1n) is 9.79. The van der Waals surface area contributed by atoms with Crippen LogP contribution in [0.3, 0.4) is 0 Å². The Balaban J connectivity index is 6.44. The average Bonchev–Trinajstić information content (AvgIpc) is 2.66. The van der Waals surface area contributed by atoms with Crippen LogP contribution in [0.5, 0.6) is 0 Å². The molecule has 206 valence electrons. The molecule has 34 heavy (non-hydrogen) atoms. The van der Waals surface area contributed by atoms with Gasteiger partial charge in [-0.15, -0.1) is 0 Å². The molecule has 0 heterocycles. The summed E-state index contributed by atoms with van der Waals surface area (Å²) in [5, 5.41) is 0. The molecule has 0 aliphatic carbocycles. The minimum Gasteiger partial charge on any atom is -0.200 e. The predicted octanol–water partition coefficient (Wildman–Crippen LogP) is 9.09. The maximum atomic E-state index is 13.8. The zero-order valence-corrected chi connectivity index (χ0v) is 17.9. The fourth-order valence-electron chi connectivity index (χ4n) is 2.75. The third kappa shape index (κ3) is 4.92. The first-order chi connectivity index (χ1) is 14.8. The summed E-state index contributed by atoms with van der Waals surface area (Å²) in [5.74, 6) is -60.6. The van der Waals surface area contributed by atoms with Crippen LogP contribution in [-0.4, -0.2) is 47.4 Å². The van der Waals surface area contributed by atoms with Crippen LogP contribution in [0.4, 0.5) is 70.2 Å². The fraction of sp³-hybridized carbons (Fsp3) is 1.00. The Kier molecular flexibility index (Phi) is 9.41. The molecule has 0 N–H and O–H groups in total. The minimum absolute atomic E-state index is 0.286. The van der Waals surface area contributed by atoms with E-state index >= 15 is 0 Å². The zero-order chi connectivity index (χ0) is 27.8. The second kappa shape index (κ2) is 9.74. The van der Waals surface area contributed by atoms with Crippen molar-refractivity contribution in [1.82, 2.24) is 0 Å². The van der Waals surface area contributed by atoms with E-state index in [2.05, 4.69) is 0 Å². The summed E-state index contributed by atoms with van der Waals surface area (Å²) in [5.41, 5.74) is 0. The lowest BCUT2D eigenvalue weighted by molar-refractivity contribution is -0.453. The summed E-state index contributed by atoms with van der Waals surface area (Å²) >= 11 is 0. The smallest absolute Gasteiger partial charge is 0.200 e. The van der Waals surface area contributed by atoms with Crippen molar-refractivity contribution in [1.29, 1.82) is 0 Å². The molecular formula is C18H22F16. The summed E-state index contributed by atoms with van der Waals surface area (Å²) < 4.78 is 218. The lowest BCUT2D eigenvalue weighted by Crippen LogP contribution is -2.74. The van der Waals surface area contributed by atoms with Crippen molar-refractivity contribution < 1.29 is 70.2 Å². The minimum atomic E-state index is -8.33. The standard InChI is InChI=1S/C18H22F16/c1-4-8-11(19,20)13(23,24)15(27,28)17(31,32)18(33,34)16(29,30)14(25,26)12(21,22)9-6-7-10(3)5-2/h10H,4-9H2,1-3H3. The second-order valence-corrected chi connectivity index (χ2v) is 8.01. The molecule has 0 spiro atoms. The molecular weight excluding hydrogens is 520 g/mol. The van der Waals surface area contributed by atoms with Crippen LogP contribution in [0.15, 0.2) is 0 Å². The Hall–Kier alpha value is -1.12. The molecule has 0 aliphatic heterocycles.